The first-order valence-electron chi connectivity index (χ1n) is 5.91. The number of nitrogens with one attached hydrogen (secondary N) is 1. The van der Waals surface area contributed by atoms with Crippen molar-refractivity contribution < 1.29 is 8.42 Å². The number of hydrogen-bond acceptors (Lipinski definition) is 3. The lowest BCUT2D eigenvalue weighted by Crippen LogP contribution is -2.37. The Morgan fingerprint density at radius 3 is 2.25 bits per heavy atom. The fourth-order valence-corrected chi connectivity index (χ4v) is 3.11. The van der Waals surface area contributed by atoms with Gasteiger partial charge < -0.3 is 5.32 Å². The summed E-state index contributed by atoms with van der Waals surface area (Å²) >= 11 is 0. The highest BCUT2D eigenvalue weighted by Crippen LogP contribution is 2.13. The molecule has 16 heavy (non-hydrogen) atoms. The van der Waals surface area contributed by atoms with Crippen molar-refractivity contribution in [1.82, 2.24) is 9.62 Å². The lowest BCUT2D eigenvalue weighted by atomic mass is 10.1. The van der Waals surface area contributed by atoms with Crippen LogP contribution in [-0.2, 0) is 10.0 Å². The van der Waals surface area contributed by atoms with Crippen LogP contribution in [0.1, 0.15) is 33.6 Å². The molecule has 5 heteroatoms. The van der Waals surface area contributed by atoms with E-state index < -0.39 is 10.0 Å². The first-order chi connectivity index (χ1) is 7.31. The molecule has 0 saturated carbocycles. The molecule has 1 N–H and O–H groups in total. The van der Waals surface area contributed by atoms with Crippen molar-refractivity contribution in [3.8, 4) is 0 Å². The molecule has 4 nitrogen and oxygen atoms in total. The minimum Gasteiger partial charge on any atom is -0.320 e. The number of sulfonamides is 1. The van der Waals surface area contributed by atoms with E-state index in [0.717, 1.165) is 13.0 Å². The van der Waals surface area contributed by atoms with Gasteiger partial charge in [0.05, 0.1) is 5.75 Å². The molecular weight excluding hydrogens is 224 g/mol. The molecule has 0 fully saturated rings. The van der Waals surface area contributed by atoms with Crippen LogP contribution in [0.25, 0.3) is 0 Å². The maximum atomic E-state index is 11.9. The van der Waals surface area contributed by atoms with Gasteiger partial charge >= 0.3 is 0 Å². The highest BCUT2D eigenvalue weighted by atomic mass is 32.2. The number of hydrogen-bond donors (Lipinski definition) is 1. The average Bonchev–Trinajstić information content (AvgIpc) is 2.15. The van der Waals surface area contributed by atoms with E-state index >= 15 is 0 Å². The van der Waals surface area contributed by atoms with Crippen molar-refractivity contribution in [2.24, 2.45) is 5.92 Å². The van der Waals surface area contributed by atoms with Crippen molar-refractivity contribution in [3.05, 3.63) is 0 Å². The van der Waals surface area contributed by atoms with Gasteiger partial charge in [-0.2, -0.15) is 0 Å². The summed E-state index contributed by atoms with van der Waals surface area (Å²) < 4.78 is 25.4. The predicted octanol–water partition coefficient (Wildman–Crippen LogP) is 1.29. The second-order valence-electron chi connectivity index (χ2n) is 4.77. The monoisotopic (exact) mass is 250 g/mol. The summed E-state index contributed by atoms with van der Waals surface area (Å²) in [6, 6.07) is 0.0829. The Bertz CT molecular complexity index is 276. The van der Waals surface area contributed by atoms with Gasteiger partial charge in [0.25, 0.3) is 0 Å². The maximum Gasteiger partial charge on any atom is 0.214 e. The summed E-state index contributed by atoms with van der Waals surface area (Å²) in [5.74, 6) is 0.747. The van der Waals surface area contributed by atoms with Crippen LogP contribution in [0.4, 0.5) is 0 Å². The third kappa shape index (κ3) is 5.82. The van der Waals surface area contributed by atoms with Gasteiger partial charge in [-0.25, -0.2) is 12.7 Å². The van der Waals surface area contributed by atoms with E-state index in [1.54, 1.807) is 7.05 Å². The summed E-state index contributed by atoms with van der Waals surface area (Å²) in [4.78, 5) is 0. The summed E-state index contributed by atoms with van der Waals surface area (Å²) in [5.41, 5.74) is 0. The number of nitrogens with zero attached hydrogens (tertiary/aromatic N) is 1. The summed E-state index contributed by atoms with van der Waals surface area (Å²) in [5, 5.41) is 2.96. The van der Waals surface area contributed by atoms with Gasteiger partial charge in [-0.15, -0.1) is 0 Å². The minimum absolute atomic E-state index is 0.0829. The quantitative estimate of drug-likeness (QED) is 0.661. The smallest absolute Gasteiger partial charge is 0.214 e. The molecule has 0 spiro atoms. The first kappa shape index (κ1) is 15.9. The molecule has 0 radical (unpaired) electrons. The largest absolute Gasteiger partial charge is 0.320 e. The fourth-order valence-electron chi connectivity index (χ4n) is 1.68. The molecule has 0 aliphatic heterocycles. The van der Waals surface area contributed by atoms with Crippen LogP contribution < -0.4 is 5.32 Å². The van der Waals surface area contributed by atoms with Crippen LogP contribution in [0.3, 0.4) is 0 Å². The highest BCUT2D eigenvalue weighted by Gasteiger charge is 2.22. The van der Waals surface area contributed by atoms with E-state index in [9.17, 15) is 8.42 Å². The molecular formula is C11H26N2O2S. The van der Waals surface area contributed by atoms with Gasteiger partial charge in [0, 0.05) is 13.1 Å². The van der Waals surface area contributed by atoms with E-state index in [-0.39, 0.29) is 11.8 Å². The van der Waals surface area contributed by atoms with Crippen LogP contribution in [0, 0.1) is 5.92 Å². The normalized spacial score (nSPS) is 14.7. The molecule has 0 heterocycles. The molecule has 0 aliphatic rings. The van der Waals surface area contributed by atoms with Gasteiger partial charge in [-0.05, 0) is 39.3 Å². The van der Waals surface area contributed by atoms with E-state index in [1.165, 1.54) is 4.31 Å². The van der Waals surface area contributed by atoms with Crippen molar-refractivity contribution >= 4 is 10.0 Å². The lowest BCUT2D eigenvalue weighted by molar-refractivity contribution is 0.337. The van der Waals surface area contributed by atoms with Crippen LogP contribution in [-0.4, -0.2) is 45.2 Å². The maximum absolute atomic E-state index is 11.9. The van der Waals surface area contributed by atoms with Gasteiger partial charge in [0.1, 0.15) is 0 Å². The van der Waals surface area contributed by atoms with Crippen molar-refractivity contribution in [2.75, 3.05) is 26.4 Å². The molecule has 0 rings (SSSR count). The third-order valence-corrected chi connectivity index (χ3v) is 4.74. The van der Waals surface area contributed by atoms with E-state index in [2.05, 4.69) is 19.2 Å². The Kier molecular flexibility index (Phi) is 7.19. The van der Waals surface area contributed by atoms with Crippen LogP contribution >= 0.6 is 0 Å². The molecule has 0 aromatic rings. The highest BCUT2D eigenvalue weighted by molar-refractivity contribution is 7.89. The van der Waals surface area contributed by atoms with Crippen molar-refractivity contribution in [3.63, 3.8) is 0 Å². The molecule has 1 atom stereocenters. The molecule has 0 aliphatic carbocycles. The van der Waals surface area contributed by atoms with Crippen molar-refractivity contribution in [2.45, 2.75) is 39.7 Å². The molecule has 0 bridgehead atoms. The summed E-state index contributed by atoms with van der Waals surface area (Å²) in [6.45, 7) is 6.93. The molecule has 98 valence electrons. The topological polar surface area (TPSA) is 49.4 Å². The summed E-state index contributed by atoms with van der Waals surface area (Å²) in [7, 11) is 0.429. The second-order valence-corrected chi connectivity index (χ2v) is 6.92. The molecule has 0 aromatic carbocycles. The van der Waals surface area contributed by atoms with Crippen LogP contribution in [0.2, 0.25) is 0 Å². The average molecular weight is 250 g/mol. The second kappa shape index (κ2) is 7.25. The molecule has 0 saturated heterocycles. The molecule has 0 amide bonds. The first-order valence-corrected chi connectivity index (χ1v) is 7.52. The van der Waals surface area contributed by atoms with Crippen LogP contribution in [0.5, 0.6) is 0 Å². The Balaban J connectivity index is 4.27. The van der Waals surface area contributed by atoms with E-state index in [4.69, 9.17) is 0 Å². The van der Waals surface area contributed by atoms with E-state index in [0.29, 0.717) is 12.3 Å². The van der Waals surface area contributed by atoms with Crippen molar-refractivity contribution in [1.29, 1.82) is 0 Å². The van der Waals surface area contributed by atoms with Gasteiger partial charge in [0.2, 0.25) is 10.0 Å². The predicted molar refractivity (Wildman–Crippen MR) is 69.0 cm³/mol. The SMILES string of the molecule is CNCCCS(=O)(=O)N(C)C(C)CC(C)C. The number of rotatable bonds is 8. The molecule has 1 unspecified atom stereocenters. The standard InChI is InChI=1S/C11H26N2O2S/c1-10(2)9-11(3)13(5)16(14,15)8-6-7-12-4/h10-12H,6-9H2,1-5H3. The Morgan fingerprint density at radius 2 is 1.81 bits per heavy atom. The zero-order valence-electron chi connectivity index (χ0n) is 11.2. The van der Waals surface area contributed by atoms with E-state index in [1.807, 2.05) is 14.0 Å². The fraction of sp³-hybridized carbons (Fsp3) is 1.00. The minimum atomic E-state index is -3.08. The Hall–Kier alpha value is -0.130. The van der Waals surface area contributed by atoms with Gasteiger partial charge in [-0.3, -0.25) is 0 Å². The zero-order valence-corrected chi connectivity index (χ0v) is 12.0. The Morgan fingerprint density at radius 1 is 1.25 bits per heavy atom. The third-order valence-electron chi connectivity index (χ3n) is 2.70. The molecule has 0 aromatic heterocycles. The Labute approximate surface area is 100 Å². The van der Waals surface area contributed by atoms with Gasteiger partial charge in [0.15, 0.2) is 0 Å². The van der Waals surface area contributed by atoms with Gasteiger partial charge in [-0.1, -0.05) is 13.8 Å². The van der Waals surface area contributed by atoms with Crippen LogP contribution in [0.15, 0.2) is 0 Å². The lowest BCUT2D eigenvalue weighted by Gasteiger charge is -2.25. The summed E-state index contributed by atoms with van der Waals surface area (Å²) in [6.07, 6.45) is 1.57. The zero-order chi connectivity index (χ0) is 12.8.